The molecule has 2 rings (SSSR count). The van der Waals surface area contributed by atoms with Crippen LogP contribution in [0.5, 0.6) is 0 Å². The van der Waals surface area contributed by atoms with E-state index >= 15 is 0 Å². The van der Waals surface area contributed by atoms with Crippen molar-refractivity contribution in [2.75, 3.05) is 20.1 Å². The Morgan fingerprint density at radius 3 is 2.76 bits per heavy atom. The van der Waals surface area contributed by atoms with Crippen molar-refractivity contribution >= 4 is 11.6 Å². The lowest BCUT2D eigenvalue weighted by atomic mass is 10.2. The van der Waals surface area contributed by atoms with E-state index in [9.17, 15) is 0 Å². The van der Waals surface area contributed by atoms with Gasteiger partial charge in [0, 0.05) is 30.9 Å². The number of nitrogens with one attached hydrogen (secondary N) is 1. The number of benzene rings is 1. The largest absolute Gasteiger partial charge is 0.311 e. The molecular weight excluding hydrogens is 286 g/mol. The van der Waals surface area contributed by atoms with Gasteiger partial charge in [-0.05, 0) is 31.3 Å². The van der Waals surface area contributed by atoms with Gasteiger partial charge in [0.05, 0.1) is 12.2 Å². The summed E-state index contributed by atoms with van der Waals surface area (Å²) in [5.74, 6) is 0. The molecule has 0 bridgehead atoms. The van der Waals surface area contributed by atoms with Gasteiger partial charge in [-0.25, -0.2) is 0 Å². The highest BCUT2D eigenvalue weighted by molar-refractivity contribution is 6.30. The minimum atomic E-state index is 0.775. The Kier molecular flexibility index (Phi) is 6.17. The highest BCUT2D eigenvalue weighted by Gasteiger charge is 2.03. The van der Waals surface area contributed by atoms with E-state index in [-0.39, 0.29) is 0 Å². The molecule has 114 valence electrons. The lowest BCUT2D eigenvalue weighted by Crippen LogP contribution is -2.23. The van der Waals surface area contributed by atoms with Crippen LogP contribution in [0.15, 0.2) is 30.5 Å². The molecule has 0 unspecified atom stereocenters. The maximum absolute atomic E-state index is 5.89. The zero-order valence-corrected chi connectivity index (χ0v) is 13.3. The molecule has 1 N–H and O–H groups in total. The van der Waals surface area contributed by atoms with Gasteiger partial charge in [0.25, 0.3) is 0 Å². The summed E-state index contributed by atoms with van der Waals surface area (Å²) < 4.78 is 1.89. The number of halogens is 1. The first-order valence-corrected chi connectivity index (χ1v) is 7.58. The van der Waals surface area contributed by atoms with Crippen LogP contribution in [0.4, 0.5) is 0 Å². The van der Waals surface area contributed by atoms with Gasteiger partial charge in [0.1, 0.15) is 0 Å². The standard InChI is InChI=1S/C15H22ClN5/c1-3-17-10-15-12-21(19-18-15)9-8-20(2)11-13-4-6-14(16)7-5-13/h4-7,12,17H,3,8-11H2,1-2H3. The Labute approximate surface area is 130 Å². The highest BCUT2D eigenvalue weighted by atomic mass is 35.5. The van der Waals surface area contributed by atoms with Crippen molar-refractivity contribution in [1.82, 2.24) is 25.2 Å². The number of aromatic nitrogens is 3. The smallest absolute Gasteiger partial charge is 0.0964 e. The van der Waals surface area contributed by atoms with E-state index in [2.05, 4.69) is 46.6 Å². The second-order valence-electron chi connectivity index (χ2n) is 5.12. The lowest BCUT2D eigenvalue weighted by molar-refractivity contribution is 0.304. The first-order chi connectivity index (χ1) is 10.2. The summed E-state index contributed by atoms with van der Waals surface area (Å²) in [7, 11) is 2.10. The van der Waals surface area contributed by atoms with Crippen LogP contribution in [0.2, 0.25) is 5.02 Å². The molecule has 0 aliphatic rings. The van der Waals surface area contributed by atoms with Crippen LogP contribution in [0, 0.1) is 0 Å². The van der Waals surface area contributed by atoms with Gasteiger partial charge >= 0.3 is 0 Å². The lowest BCUT2D eigenvalue weighted by Gasteiger charge is -2.16. The molecule has 0 spiro atoms. The topological polar surface area (TPSA) is 46.0 Å². The molecule has 21 heavy (non-hydrogen) atoms. The van der Waals surface area contributed by atoms with Gasteiger partial charge < -0.3 is 10.2 Å². The van der Waals surface area contributed by atoms with Gasteiger partial charge in [-0.15, -0.1) is 5.10 Å². The molecule has 0 radical (unpaired) electrons. The Balaban J connectivity index is 1.76. The molecule has 0 aliphatic carbocycles. The maximum atomic E-state index is 5.89. The summed E-state index contributed by atoms with van der Waals surface area (Å²) >= 11 is 5.89. The van der Waals surface area contributed by atoms with Crippen LogP contribution in [-0.2, 0) is 19.6 Å². The van der Waals surface area contributed by atoms with E-state index in [1.165, 1.54) is 5.56 Å². The summed E-state index contributed by atoms with van der Waals surface area (Å²) in [6.07, 6.45) is 2.00. The average Bonchev–Trinajstić information content (AvgIpc) is 2.93. The summed E-state index contributed by atoms with van der Waals surface area (Å²) in [5, 5.41) is 12.3. The zero-order valence-electron chi connectivity index (χ0n) is 12.6. The third kappa shape index (κ3) is 5.46. The molecule has 0 aliphatic heterocycles. The van der Waals surface area contributed by atoms with Crippen LogP contribution in [0.1, 0.15) is 18.2 Å². The van der Waals surface area contributed by atoms with Crippen molar-refractivity contribution in [2.24, 2.45) is 0 Å². The molecule has 0 amide bonds. The van der Waals surface area contributed by atoms with Crippen molar-refractivity contribution < 1.29 is 0 Å². The molecule has 0 saturated heterocycles. The van der Waals surface area contributed by atoms with Crippen molar-refractivity contribution in [3.8, 4) is 0 Å². The van der Waals surface area contributed by atoms with Gasteiger partial charge in [0.15, 0.2) is 0 Å². The number of rotatable bonds is 8. The van der Waals surface area contributed by atoms with E-state index in [1.807, 2.05) is 23.0 Å². The summed E-state index contributed by atoms with van der Waals surface area (Å²) in [6, 6.07) is 7.97. The molecule has 0 saturated carbocycles. The third-order valence-corrected chi connectivity index (χ3v) is 3.47. The van der Waals surface area contributed by atoms with Gasteiger partial charge in [0.2, 0.25) is 0 Å². The fourth-order valence-corrected chi connectivity index (χ4v) is 2.16. The third-order valence-electron chi connectivity index (χ3n) is 3.22. The Bertz CT molecular complexity index is 537. The molecule has 1 heterocycles. The molecule has 0 fully saturated rings. The first kappa shape index (κ1) is 15.9. The summed E-state index contributed by atoms with van der Waals surface area (Å²) in [4.78, 5) is 2.26. The van der Waals surface area contributed by atoms with Crippen LogP contribution >= 0.6 is 11.6 Å². The minimum Gasteiger partial charge on any atom is -0.311 e. The van der Waals surface area contributed by atoms with E-state index in [0.29, 0.717) is 0 Å². The fraction of sp³-hybridized carbons (Fsp3) is 0.467. The Hall–Kier alpha value is -1.43. The molecular formula is C15H22ClN5. The predicted octanol–water partition coefficient (Wildman–Crippen LogP) is 2.17. The van der Waals surface area contributed by atoms with Crippen LogP contribution in [0.25, 0.3) is 0 Å². The minimum absolute atomic E-state index is 0.775. The highest BCUT2D eigenvalue weighted by Crippen LogP contribution is 2.10. The molecule has 0 atom stereocenters. The van der Waals surface area contributed by atoms with E-state index in [1.54, 1.807) is 0 Å². The van der Waals surface area contributed by atoms with Crippen LogP contribution < -0.4 is 5.32 Å². The van der Waals surface area contributed by atoms with E-state index < -0.39 is 0 Å². The number of likely N-dealkylation sites (N-methyl/N-ethyl adjacent to an activating group) is 1. The zero-order chi connectivity index (χ0) is 15.1. The SMILES string of the molecule is CCNCc1cn(CCN(C)Cc2ccc(Cl)cc2)nn1. The van der Waals surface area contributed by atoms with E-state index in [0.717, 1.165) is 43.4 Å². The number of nitrogens with zero attached hydrogens (tertiary/aromatic N) is 4. The molecule has 5 nitrogen and oxygen atoms in total. The summed E-state index contributed by atoms with van der Waals surface area (Å²) in [6.45, 7) is 6.45. The van der Waals surface area contributed by atoms with Crippen molar-refractivity contribution in [1.29, 1.82) is 0 Å². The van der Waals surface area contributed by atoms with E-state index in [4.69, 9.17) is 11.6 Å². The Morgan fingerprint density at radius 2 is 2.05 bits per heavy atom. The van der Waals surface area contributed by atoms with Crippen molar-refractivity contribution in [2.45, 2.75) is 26.6 Å². The Morgan fingerprint density at radius 1 is 1.29 bits per heavy atom. The molecule has 1 aromatic carbocycles. The molecule has 6 heteroatoms. The number of hydrogen-bond acceptors (Lipinski definition) is 4. The fourth-order valence-electron chi connectivity index (χ4n) is 2.04. The van der Waals surface area contributed by atoms with Crippen LogP contribution in [0.3, 0.4) is 0 Å². The molecule has 1 aromatic heterocycles. The van der Waals surface area contributed by atoms with Gasteiger partial charge in [-0.2, -0.15) is 0 Å². The second kappa shape index (κ2) is 8.12. The predicted molar refractivity (Wildman–Crippen MR) is 85.2 cm³/mol. The summed E-state index contributed by atoms with van der Waals surface area (Å²) in [5.41, 5.74) is 2.24. The monoisotopic (exact) mass is 307 g/mol. The quantitative estimate of drug-likeness (QED) is 0.812. The maximum Gasteiger partial charge on any atom is 0.0964 e. The van der Waals surface area contributed by atoms with Crippen LogP contribution in [-0.4, -0.2) is 40.0 Å². The van der Waals surface area contributed by atoms with Crippen molar-refractivity contribution in [3.63, 3.8) is 0 Å². The van der Waals surface area contributed by atoms with Gasteiger partial charge in [-0.3, -0.25) is 4.68 Å². The molecule has 2 aromatic rings. The average molecular weight is 308 g/mol. The van der Waals surface area contributed by atoms with Crippen molar-refractivity contribution in [3.05, 3.63) is 46.7 Å². The second-order valence-corrected chi connectivity index (χ2v) is 5.55. The normalized spacial score (nSPS) is 11.2. The number of hydrogen-bond donors (Lipinski definition) is 1. The first-order valence-electron chi connectivity index (χ1n) is 7.20. The van der Waals surface area contributed by atoms with Gasteiger partial charge in [-0.1, -0.05) is 35.9 Å².